The van der Waals surface area contributed by atoms with Crippen molar-refractivity contribution in [2.45, 2.75) is 102 Å². The first-order valence-corrected chi connectivity index (χ1v) is 12.2. The molecular formula is C24H38N2S. The summed E-state index contributed by atoms with van der Waals surface area (Å²) in [6.45, 7) is 2.29. The van der Waals surface area contributed by atoms with E-state index in [2.05, 4.69) is 35.1 Å². The highest BCUT2D eigenvalue weighted by Gasteiger charge is 2.03. The van der Waals surface area contributed by atoms with Crippen LogP contribution in [0.4, 0.5) is 0 Å². The molecule has 150 valence electrons. The molecule has 1 aromatic heterocycles. The molecule has 2 rings (SSSR count). The minimum Gasteiger partial charge on any atom is -0.236 e. The molecule has 0 unspecified atom stereocenters. The van der Waals surface area contributed by atoms with Crippen LogP contribution in [0.15, 0.2) is 35.6 Å². The molecule has 0 bridgehead atoms. The first kappa shape index (κ1) is 22.2. The van der Waals surface area contributed by atoms with Gasteiger partial charge in [0.25, 0.3) is 0 Å². The molecule has 0 spiro atoms. The number of aromatic nitrogens is 2. The maximum absolute atomic E-state index is 4.46. The molecule has 0 aliphatic carbocycles. The molecule has 27 heavy (non-hydrogen) atoms. The van der Waals surface area contributed by atoms with E-state index in [4.69, 9.17) is 0 Å². The van der Waals surface area contributed by atoms with Crippen LogP contribution in [-0.2, 0) is 0 Å². The van der Waals surface area contributed by atoms with Gasteiger partial charge in [-0.05, 0) is 18.2 Å². The molecule has 2 nitrogen and oxygen atoms in total. The predicted molar refractivity (Wildman–Crippen MR) is 121 cm³/mol. The third-order valence-electron chi connectivity index (χ3n) is 5.24. The van der Waals surface area contributed by atoms with Gasteiger partial charge in [-0.25, -0.2) is 9.97 Å². The van der Waals surface area contributed by atoms with Crippen molar-refractivity contribution < 1.29 is 0 Å². The van der Waals surface area contributed by atoms with E-state index in [1.54, 1.807) is 6.33 Å². The van der Waals surface area contributed by atoms with Crippen LogP contribution in [0.3, 0.4) is 0 Å². The first-order chi connectivity index (χ1) is 13.4. The van der Waals surface area contributed by atoms with E-state index in [9.17, 15) is 0 Å². The van der Waals surface area contributed by atoms with E-state index in [-0.39, 0.29) is 0 Å². The van der Waals surface area contributed by atoms with Crippen LogP contribution >= 0.6 is 11.8 Å². The second-order valence-corrected chi connectivity index (χ2v) is 8.72. The van der Waals surface area contributed by atoms with Crippen molar-refractivity contribution in [2.75, 3.05) is 5.75 Å². The quantitative estimate of drug-likeness (QED) is 0.165. The van der Waals surface area contributed by atoms with Gasteiger partial charge in [-0.2, -0.15) is 0 Å². The molecule has 0 N–H and O–H groups in total. The second-order valence-electron chi connectivity index (χ2n) is 7.64. The van der Waals surface area contributed by atoms with Crippen molar-refractivity contribution in [1.82, 2.24) is 9.97 Å². The van der Waals surface area contributed by atoms with Gasteiger partial charge < -0.3 is 0 Å². The van der Waals surface area contributed by atoms with Gasteiger partial charge in [0.2, 0.25) is 0 Å². The Morgan fingerprint density at radius 2 is 1.22 bits per heavy atom. The number of benzene rings is 1. The van der Waals surface area contributed by atoms with Gasteiger partial charge in [0.15, 0.2) is 0 Å². The minimum absolute atomic E-state index is 1.05. The Balaban J connectivity index is 1.40. The minimum atomic E-state index is 1.05. The summed E-state index contributed by atoms with van der Waals surface area (Å²) in [6.07, 6.45) is 21.5. The predicted octanol–water partition coefficient (Wildman–Crippen LogP) is 8.20. The Morgan fingerprint density at radius 1 is 0.667 bits per heavy atom. The molecular weight excluding hydrogens is 348 g/mol. The molecule has 0 saturated heterocycles. The summed E-state index contributed by atoms with van der Waals surface area (Å²) < 4.78 is 0. The molecule has 1 heterocycles. The fourth-order valence-electron chi connectivity index (χ4n) is 3.56. The topological polar surface area (TPSA) is 25.8 Å². The molecule has 0 radical (unpaired) electrons. The first-order valence-electron chi connectivity index (χ1n) is 11.2. The van der Waals surface area contributed by atoms with Crippen LogP contribution in [0.5, 0.6) is 0 Å². The highest BCUT2D eigenvalue weighted by molar-refractivity contribution is 7.99. The lowest BCUT2D eigenvalue weighted by Crippen LogP contribution is -1.89. The highest BCUT2D eigenvalue weighted by atomic mass is 32.2. The van der Waals surface area contributed by atoms with Gasteiger partial charge in [-0.1, -0.05) is 109 Å². The molecule has 2 aromatic rings. The summed E-state index contributed by atoms with van der Waals surface area (Å²) in [4.78, 5) is 8.80. The number of unbranched alkanes of at least 4 members (excludes halogenated alkanes) is 13. The summed E-state index contributed by atoms with van der Waals surface area (Å²) in [5.41, 5.74) is 1.05. The van der Waals surface area contributed by atoms with Crippen molar-refractivity contribution in [1.29, 1.82) is 0 Å². The normalized spacial score (nSPS) is 11.3. The molecule has 0 aliphatic rings. The number of rotatable bonds is 16. The number of para-hydroxylation sites is 1. The van der Waals surface area contributed by atoms with Crippen LogP contribution in [-0.4, -0.2) is 15.7 Å². The van der Waals surface area contributed by atoms with E-state index < -0.39 is 0 Å². The lowest BCUT2D eigenvalue weighted by molar-refractivity contribution is 0.538. The summed E-state index contributed by atoms with van der Waals surface area (Å²) in [5, 5.41) is 2.32. The van der Waals surface area contributed by atoms with Crippen LogP contribution in [0.25, 0.3) is 10.9 Å². The van der Waals surface area contributed by atoms with E-state index in [0.717, 1.165) is 10.5 Å². The monoisotopic (exact) mass is 386 g/mol. The van der Waals surface area contributed by atoms with E-state index in [1.165, 1.54) is 101 Å². The molecule has 0 aliphatic heterocycles. The van der Waals surface area contributed by atoms with Gasteiger partial charge in [0.1, 0.15) is 11.4 Å². The summed E-state index contributed by atoms with van der Waals surface area (Å²) in [5.74, 6) is 1.17. The van der Waals surface area contributed by atoms with E-state index in [0.29, 0.717) is 0 Å². The SMILES string of the molecule is CCCCCCCCCCCCCCCCSc1ncnc2ccccc12. The zero-order chi connectivity index (χ0) is 19.0. The summed E-state index contributed by atoms with van der Waals surface area (Å²) in [7, 11) is 0. The van der Waals surface area contributed by atoms with Gasteiger partial charge in [-0.3, -0.25) is 0 Å². The largest absolute Gasteiger partial charge is 0.236 e. The lowest BCUT2D eigenvalue weighted by Gasteiger charge is -2.05. The standard InChI is InChI=1S/C24H38N2S/c1-2-3-4-5-6-7-8-9-10-11-12-13-14-17-20-27-24-22-18-15-16-19-23(22)25-21-26-24/h15-16,18-19,21H,2-14,17,20H2,1H3. The van der Waals surface area contributed by atoms with Crippen molar-refractivity contribution in [3.05, 3.63) is 30.6 Å². The average Bonchev–Trinajstić information content (AvgIpc) is 2.71. The molecule has 3 heteroatoms. The van der Waals surface area contributed by atoms with Crippen LogP contribution in [0.2, 0.25) is 0 Å². The second kappa shape index (κ2) is 14.9. The molecule has 1 aromatic carbocycles. The van der Waals surface area contributed by atoms with Crippen LogP contribution in [0.1, 0.15) is 96.8 Å². The zero-order valence-corrected chi connectivity index (χ0v) is 18.1. The Kier molecular flexibility index (Phi) is 12.3. The maximum atomic E-state index is 4.46. The van der Waals surface area contributed by atoms with Crippen LogP contribution < -0.4 is 0 Å². The van der Waals surface area contributed by atoms with Crippen molar-refractivity contribution in [2.24, 2.45) is 0 Å². The Hall–Kier alpha value is -1.09. The third kappa shape index (κ3) is 9.60. The number of hydrogen-bond acceptors (Lipinski definition) is 3. The summed E-state index contributed by atoms with van der Waals surface area (Å²) in [6, 6.07) is 8.30. The average molecular weight is 387 g/mol. The van der Waals surface area contributed by atoms with Gasteiger partial charge in [0.05, 0.1) is 5.52 Å². The molecule has 0 saturated carbocycles. The maximum Gasteiger partial charge on any atom is 0.117 e. The third-order valence-corrected chi connectivity index (χ3v) is 6.33. The Labute approximate surface area is 171 Å². The van der Waals surface area contributed by atoms with Gasteiger partial charge in [-0.15, -0.1) is 11.8 Å². The lowest BCUT2D eigenvalue weighted by atomic mass is 10.0. The number of fused-ring (bicyclic) bond motifs is 1. The number of nitrogens with zero attached hydrogens (tertiary/aromatic N) is 2. The number of hydrogen-bond donors (Lipinski definition) is 0. The number of thioether (sulfide) groups is 1. The van der Waals surface area contributed by atoms with Crippen molar-refractivity contribution >= 4 is 22.7 Å². The molecule has 0 amide bonds. The summed E-state index contributed by atoms with van der Waals surface area (Å²) >= 11 is 1.88. The molecule has 0 fully saturated rings. The zero-order valence-electron chi connectivity index (χ0n) is 17.3. The molecule has 0 atom stereocenters. The van der Waals surface area contributed by atoms with Gasteiger partial charge in [0, 0.05) is 5.39 Å². The fourth-order valence-corrected chi connectivity index (χ4v) is 4.55. The Bertz CT molecular complexity index is 609. The van der Waals surface area contributed by atoms with Crippen molar-refractivity contribution in [3.63, 3.8) is 0 Å². The fraction of sp³-hybridized carbons (Fsp3) is 0.667. The Morgan fingerprint density at radius 3 is 1.85 bits per heavy atom. The van der Waals surface area contributed by atoms with Gasteiger partial charge >= 0.3 is 0 Å². The van der Waals surface area contributed by atoms with Crippen molar-refractivity contribution in [3.8, 4) is 0 Å². The van der Waals surface area contributed by atoms with Crippen LogP contribution in [0, 0.1) is 0 Å². The smallest absolute Gasteiger partial charge is 0.117 e. The van der Waals surface area contributed by atoms with E-state index >= 15 is 0 Å². The van der Waals surface area contributed by atoms with E-state index in [1.807, 2.05) is 17.8 Å². The highest BCUT2D eigenvalue weighted by Crippen LogP contribution is 2.25.